The van der Waals surface area contributed by atoms with Gasteiger partial charge in [-0.25, -0.2) is 0 Å². The molecule has 0 aliphatic heterocycles. The third kappa shape index (κ3) is 5.43. The van der Waals surface area contributed by atoms with Crippen molar-refractivity contribution in [1.29, 1.82) is 0 Å². The number of amides is 2. The lowest BCUT2D eigenvalue weighted by Crippen LogP contribution is -2.23. The summed E-state index contributed by atoms with van der Waals surface area (Å²) in [7, 11) is 0. The molecule has 3 rings (SSSR count). The Morgan fingerprint density at radius 2 is 1.59 bits per heavy atom. The maximum Gasteiger partial charge on any atom is 0.262 e. The third-order valence-electron chi connectivity index (χ3n) is 3.95. The van der Waals surface area contributed by atoms with Gasteiger partial charge in [-0.15, -0.1) is 0 Å². The Kier molecular flexibility index (Phi) is 6.60. The summed E-state index contributed by atoms with van der Waals surface area (Å²) < 4.78 is 5.41. The lowest BCUT2D eigenvalue weighted by molar-refractivity contribution is -0.118. The number of aldehydes is 1. The first kappa shape index (κ1) is 20.1. The number of benzene rings is 3. The van der Waals surface area contributed by atoms with E-state index in [4.69, 9.17) is 16.3 Å². The molecule has 6 nitrogen and oxygen atoms in total. The Hall–Kier alpha value is -3.64. The lowest BCUT2D eigenvalue weighted by atomic mass is 10.1. The van der Waals surface area contributed by atoms with E-state index in [9.17, 15) is 14.4 Å². The average Bonchev–Trinajstić information content (AvgIpc) is 2.74. The van der Waals surface area contributed by atoms with Gasteiger partial charge < -0.3 is 15.4 Å². The number of carbonyl (C=O) groups is 3. The van der Waals surface area contributed by atoms with Crippen molar-refractivity contribution in [3.63, 3.8) is 0 Å². The fourth-order valence-corrected chi connectivity index (χ4v) is 2.69. The molecule has 0 bridgehead atoms. The molecule has 0 saturated heterocycles. The number of carbonyl (C=O) groups excluding carboxylic acids is 3. The van der Waals surface area contributed by atoms with Crippen LogP contribution in [0, 0.1) is 0 Å². The molecule has 0 atom stereocenters. The maximum absolute atomic E-state index is 12.6. The monoisotopic (exact) mass is 408 g/mol. The molecule has 146 valence electrons. The van der Waals surface area contributed by atoms with E-state index in [1.165, 1.54) is 0 Å². The molecule has 0 unspecified atom stereocenters. The van der Waals surface area contributed by atoms with Crippen molar-refractivity contribution in [1.82, 2.24) is 0 Å². The van der Waals surface area contributed by atoms with E-state index >= 15 is 0 Å². The second-order valence-corrected chi connectivity index (χ2v) is 6.44. The van der Waals surface area contributed by atoms with E-state index in [1.54, 1.807) is 72.8 Å². The Balaban J connectivity index is 1.66. The highest BCUT2D eigenvalue weighted by atomic mass is 35.5. The zero-order valence-electron chi connectivity index (χ0n) is 15.2. The summed E-state index contributed by atoms with van der Waals surface area (Å²) in [5, 5.41) is 5.97. The fourth-order valence-electron chi connectivity index (χ4n) is 2.56. The molecule has 7 heteroatoms. The molecular weight excluding hydrogens is 392 g/mol. The molecule has 0 radical (unpaired) electrons. The van der Waals surface area contributed by atoms with Gasteiger partial charge in [-0.2, -0.15) is 0 Å². The Morgan fingerprint density at radius 3 is 2.34 bits per heavy atom. The van der Waals surface area contributed by atoms with Crippen LogP contribution in [0.5, 0.6) is 5.75 Å². The van der Waals surface area contributed by atoms with E-state index in [-0.39, 0.29) is 12.5 Å². The van der Waals surface area contributed by atoms with Crippen LogP contribution in [-0.2, 0) is 4.79 Å². The fraction of sp³-hybridized carbons (Fsp3) is 0.0455. The minimum absolute atomic E-state index is 0.295. The molecule has 29 heavy (non-hydrogen) atoms. The van der Waals surface area contributed by atoms with Gasteiger partial charge in [0, 0.05) is 10.7 Å². The van der Waals surface area contributed by atoms with Crippen molar-refractivity contribution in [3.8, 4) is 5.75 Å². The van der Waals surface area contributed by atoms with Crippen molar-refractivity contribution < 1.29 is 19.1 Å². The number of hydrogen-bond donors (Lipinski definition) is 2. The van der Waals surface area contributed by atoms with Crippen molar-refractivity contribution >= 4 is 41.1 Å². The summed E-state index contributed by atoms with van der Waals surface area (Å²) in [5.41, 5.74) is 1.57. The first-order valence-corrected chi connectivity index (χ1v) is 9.07. The number of rotatable bonds is 7. The second-order valence-electron chi connectivity index (χ2n) is 6.00. The lowest BCUT2D eigenvalue weighted by Gasteiger charge is -2.12. The van der Waals surface area contributed by atoms with E-state index < -0.39 is 5.91 Å². The normalized spacial score (nSPS) is 10.1. The van der Waals surface area contributed by atoms with E-state index in [0.717, 1.165) is 0 Å². The number of para-hydroxylation sites is 2. The molecule has 0 fully saturated rings. The average molecular weight is 409 g/mol. The summed E-state index contributed by atoms with van der Waals surface area (Å²) >= 11 is 5.85. The van der Waals surface area contributed by atoms with Crippen LogP contribution in [0.2, 0.25) is 5.02 Å². The summed E-state index contributed by atoms with van der Waals surface area (Å²) in [6, 6.07) is 19.9. The van der Waals surface area contributed by atoms with Crippen molar-refractivity contribution in [2.75, 3.05) is 17.2 Å². The quantitative estimate of drug-likeness (QED) is 0.567. The number of nitrogens with one attached hydrogen (secondary N) is 2. The van der Waals surface area contributed by atoms with Gasteiger partial charge in [0.05, 0.1) is 16.8 Å². The van der Waals surface area contributed by atoms with Crippen molar-refractivity contribution in [3.05, 3.63) is 88.9 Å². The van der Waals surface area contributed by atoms with Crippen LogP contribution in [0.4, 0.5) is 11.4 Å². The van der Waals surface area contributed by atoms with Crippen LogP contribution < -0.4 is 15.4 Å². The maximum atomic E-state index is 12.6. The Bertz CT molecular complexity index is 1030. The largest absolute Gasteiger partial charge is 0.483 e. The number of halogens is 1. The van der Waals surface area contributed by atoms with E-state index in [2.05, 4.69) is 10.6 Å². The molecule has 0 heterocycles. The third-order valence-corrected chi connectivity index (χ3v) is 4.20. The first-order chi connectivity index (χ1) is 14.1. The molecule has 3 aromatic rings. The Morgan fingerprint density at radius 1 is 0.897 bits per heavy atom. The highest BCUT2D eigenvalue weighted by molar-refractivity contribution is 6.30. The molecule has 2 amide bonds. The molecule has 0 aliphatic carbocycles. The minimum atomic E-state index is -0.461. The minimum Gasteiger partial charge on any atom is -0.483 e. The highest BCUT2D eigenvalue weighted by Gasteiger charge is 2.14. The van der Waals surface area contributed by atoms with Gasteiger partial charge in [0.15, 0.2) is 12.9 Å². The number of hydrogen-bond acceptors (Lipinski definition) is 4. The van der Waals surface area contributed by atoms with Gasteiger partial charge in [-0.3, -0.25) is 14.4 Å². The van der Waals surface area contributed by atoms with Gasteiger partial charge in [0.25, 0.3) is 11.8 Å². The summed E-state index contributed by atoms with van der Waals surface area (Å²) in [5.74, 6) is -0.528. The molecule has 0 spiro atoms. The van der Waals surface area contributed by atoms with E-state index in [0.29, 0.717) is 39.6 Å². The van der Waals surface area contributed by atoms with Crippen molar-refractivity contribution in [2.45, 2.75) is 0 Å². The van der Waals surface area contributed by atoms with Crippen LogP contribution in [0.3, 0.4) is 0 Å². The predicted octanol–water partition coefficient (Wildman–Crippen LogP) is 4.42. The van der Waals surface area contributed by atoms with Crippen LogP contribution in [0.25, 0.3) is 0 Å². The zero-order chi connectivity index (χ0) is 20.6. The molecular formula is C22H17ClN2O4. The summed E-state index contributed by atoms with van der Waals surface area (Å²) in [6.45, 7) is -0.308. The van der Waals surface area contributed by atoms with Crippen LogP contribution in [0.1, 0.15) is 20.7 Å². The van der Waals surface area contributed by atoms with E-state index in [1.807, 2.05) is 0 Å². The number of ether oxygens (including phenoxy) is 1. The van der Waals surface area contributed by atoms with Gasteiger partial charge >= 0.3 is 0 Å². The van der Waals surface area contributed by atoms with Crippen LogP contribution in [0.15, 0.2) is 72.8 Å². The van der Waals surface area contributed by atoms with Gasteiger partial charge in [-0.05, 0) is 48.5 Å². The Labute approximate surface area is 172 Å². The molecule has 0 saturated carbocycles. The van der Waals surface area contributed by atoms with Crippen molar-refractivity contribution in [2.24, 2.45) is 0 Å². The predicted molar refractivity (Wildman–Crippen MR) is 112 cm³/mol. The number of anilines is 2. The van der Waals surface area contributed by atoms with Gasteiger partial charge in [0.2, 0.25) is 0 Å². The molecule has 0 aliphatic rings. The van der Waals surface area contributed by atoms with Crippen LogP contribution >= 0.6 is 11.6 Å². The summed E-state index contributed by atoms with van der Waals surface area (Å²) in [6.07, 6.45) is 0.656. The molecule has 3 aromatic carbocycles. The first-order valence-electron chi connectivity index (χ1n) is 8.69. The SMILES string of the molecule is O=Cc1ccccc1OCC(=O)Nc1ccccc1C(=O)Nc1ccc(Cl)cc1. The standard InChI is InChI=1S/C22H17ClN2O4/c23-16-9-11-17(12-10-16)24-22(28)18-6-2-3-7-19(18)25-21(27)14-29-20-8-4-1-5-15(20)13-26/h1-13H,14H2,(H,24,28)(H,25,27). The van der Waals surface area contributed by atoms with Gasteiger partial charge in [0.1, 0.15) is 5.75 Å². The summed E-state index contributed by atoms with van der Waals surface area (Å²) in [4.78, 5) is 35.9. The smallest absolute Gasteiger partial charge is 0.262 e. The van der Waals surface area contributed by atoms with Crippen LogP contribution in [-0.4, -0.2) is 24.7 Å². The zero-order valence-corrected chi connectivity index (χ0v) is 16.0. The molecule has 2 N–H and O–H groups in total. The second kappa shape index (κ2) is 9.52. The highest BCUT2D eigenvalue weighted by Crippen LogP contribution is 2.19. The topological polar surface area (TPSA) is 84.5 Å². The molecule has 0 aromatic heterocycles. The van der Waals surface area contributed by atoms with Gasteiger partial charge in [-0.1, -0.05) is 35.9 Å².